The monoisotopic (exact) mass is 426 g/mol. The van der Waals surface area contributed by atoms with E-state index in [9.17, 15) is 15.0 Å². The van der Waals surface area contributed by atoms with Gasteiger partial charge in [0.25, 0.3) is 0 Å². The molecule has 0 heterocycles. The molecule has 0 saturated heterocycles. The number of aliphatic hydroxyl groups excluding tert-OH is 2. The minimum Gasteiger partial charge on any atom is -0.458 e. The second-order valence-electron chi connectivity index (χ2n) is 12.0. The molecule has 4 saturated carbocycles. The average molecular weight is 427 g/mol. The van der Waals surface area contributed by atoms with Crippen molar-refractivity contribution in [2.24, 2.45) is 33.5 Å². The van der Waals surface area contributed by atoms with Gasteiger partial charge in [-0.25, -0.2) is 4.79 Å². The fraction of sp³-hybridized carbons (Fsp3) is 0.741. The van der Waals surface area contributed by atoms with Crippen molar-refractivity contribution in [3.63, 3.8) is 0 Å². The zero-order chi connectivity index (χ0) is 22.1. The summed E-state index contributed by atoms with van der Waals surface area (Å²) in [5.41, 5.74) is 0.528. The van der Waals surface area contributed by atoms with Crippen molar-refractivity contribution in [2.45, 2.75) is 84.3 Å². The maximum atomic E-state index is 13.1. The van der Waals surface area contributed by atoms with Gasteiger partial charge in [-0.05, 0) is 84.7 Å². The summed E-state index contributed by atoms with van der Waals surface area (Å²) in [4.78, 5) is 13.1. The molecule has 4 nitrogen and oxygen atoms in total. The van der Waals surface area contributed by atoms with E-state index in [0.717, 1.165) is 51.4 Å². The van der Waals surface area contributed by atoms with Crippen molar-refractivity contribution >= 4 is 5.97 Å². The summed E-state index contributed by atoms with van der Waals surface area (Å²) in [5.74, 6) is 0.247. The molecule has 4 fully saturated rings. The molecule has 0 aromatic heterocycles. The van der Waals surface area contributed by atoms with Crippen LogP contribution < -0.4 is 0 Å². The summed E-state index contributed by atoms with van der Waals surface area (Å²) in [5, 5.41) is 21.6. The van der Waals surface area contributed by atoms with Crippen molar-refractivity contribution in [3.05, 3.63) is 35.9 Å². The molecule has 170 valence electrons. The Morgan fingerprint density at radius 3 is 2.52 bits per heavy atom. The second kappa shape index (κ2) is 7.05. The Labute approximate surface area is 186 Å². The van der Waals surface area contributed by atoms with E-state index >= 15 is 0 Å². The van der Waals surface area contributed by atoms with Crippen molar-refractivity contribution in [1.82, 2.24) is 0 Å². The fourth-order valence-corrected chi connectivity index (χ4v) is 8.94. The largest absolute Gasteiger partial charge is 0.458 e. The van der Waals surface area contributed by atoms with Gasteiger partial charge in [0.2, 0.25) is 0 Å². The molecule has 4 aliphatic rings. The third kappa shape index (κ3) is 2.90. The Morgan fingerprint density at radius 2 is 1.81 bits per heavy atom. The molecule has 2 bridgehead atoms. The van der Waals surface area contributed by atoms with Crippen LogP contribution in [0.1, 0.15) is 82.5 Å². The van der Waals surface area contributed by atoms with Crippen LogP contribution in [0.2, 0.25) is 0 Å². The van der Waals surface area contributed by atoms with Crippen LogP contribution in [0.4, 0.5) is 0 Å². The first-order valence-electron chi connectivity index (χ1n) is 12.2. The quantitative estimate of drug-likeness (QED) is 0.669. The van der Waals surface area contributed by atoms with Crippen LogP contribution in [0.25, 0.3) is 0 Å². The lowest BCUT2D eigenvalue weighted by molar-refractivity contribution is -0.235. The van der Waals surface area contributed by atoms with E-state index in [1.54, 1.807) is 0 Å². The van der Waals surface area contributed by atoms with Gasteiger partial charge in [0.15, 0.2) is 0 Å². The molecule has 4 aliphatic carbocycles. The molecule has 4 heteroatoms. The van der Waals surface area contributed by atoms with Gasteiger partial charge in [-0.1, -0.05) is 45.4 Å². The number of fused-ring (bicyclic) bond motifs is 2. The van der Waals surface area contributed by atoms with E-state index in [1.165, 1.54) is 0 Å². The highest BCUT2D eigenvalue weighted by Gasteiger charge is 2.72. The summed E-state index contributed by atoms with van der Waals surface area (Å²) in [6, 6.07) is 9.26. The van der Waals surface area contributed by atoms with Gasteiger partial charge in [-0.3, -0.25) is 0 Å². The smallest absolute Gasteiger partial charge is 0.338 e. The van der Waals surface area contributed by atoms with Gasteiger partial charge in [0, 0.05) is 12.5 Å². The van der Waals surface area contributed by atoms with Crippen LogP contribution in [0.15, 0.2) is 30.3 Å². The van der Waals surface area contributed by atoms with Gasteiger partial charge < -0.3 is 14.9 Å². The number of benzene rings is 1. The minimum absolute atomic E-state index is 0.00464. The highest BCUT2D eigenvalue weighted by molar-refractivity contribution is 5.89. The fourth-order valence-electron chi connectivity index (χ4n) is 8.94. The first-order chi connectivity index (χ1) is 14.7. The van der Waals surface area contributed by atoms with Gasteiger partial charge in [0.1, 0.15) is 6.10 Å². The molecule has 1 aromatic rings. The maximum absolute atomic E-state index is 13.1. The molecule has 0 amide bonds. The van der Waals surface area contributed by atoms with E-state index in [-0.39, 0.29) is 52.4 Å². The molecule has 0 radical (unpaired) electrons. The highest BCUT2D eigenvalue weighted by atomic mass is 16.5. The highest BCUT2D eigenvalue weighted by Crippen LogP contribution is 2.76. The lowest BCUT2D eigenvalue weighted by Gasteiger charge is -2.68. The minimum atomic E-state index is -0.272. The van der Waals surface area contributed by atoms with Crippen molar-refractivity contribution in [1.29, 1.82) is 0 Å². The molecule has 5 rings (SSSR count). The maximum Gasteiger partial charge on any atom is 0.338 e. The topological polar surface area (TPSA) is 66.8 Å². The van der Waals surface area contributed by atoms with Gasteiger partial charge in [0.05, 0.1) is 11.7 Å². The number of rotatable bonds is 3. The predicted molar refractivity (Wildman–Crippen MR) is 119 cm³/mol. The van der Waals surface area contributed by atoms with Gasteiger partial charge >= 0.3 is 5.97 Å². The average Bonchev–Trinajstić information content (AvgIpc) is 3.08. The third-order valence-electron chi connectivity index (χ3n) is 10.5. The molecule has 1 unspecified atom stereocenters. The zero-order valence-corrected chi connectivity index (χ0v) is 19.3. The lowest BCUT2D eigenvalue weighted by Crippen LogP contribution is -2.65. The van der Waals surface area contributed by atoms with E-state index in [4.69, 9.17) is 4.74 Å². The number of aliphatic hydroxyl groups is 2. The molecule has 0 aliphatic heterocycles. The number of ether oxygens (including phenoxy) is 1. The first kappa shape index (κ1) is 21.5. The van der Waals surface area contributed by atoms with Crippen LogP contribution in [-0.2, 0) is 4.74 Å². The Morgan fingerprint density at radius 1 is 1.06 bits per heavy atom. The summed E-state index contributed by atoms with van der Waals surface area (Å²) < 4.78 is 6.29. The van der Waals surface area contributed by atoms with E-state index < -0.39 is 0 Å². The van der Waals surface area contributed by atoms with E-state index in [2.05, 4.69) is 20.8 Å². The zero-order valence-electron chi connectivity index (χ0n) is 19.3. The summed E-state index contributed by atoms with van der Waals surface area (Å²) in [7, 11) is 0. The predicted octanol–water partition coefficient (Wildman–Crippen LogP) is 4.98. The van der Waals surface area contributed by atoms with Crippen molar-refractivity contribution < 1.29 is 19.7 Å². The standard InChI is InChI=1S/C27H38O4/c1-24-12-13-27(16-24)19(15-21(24)29)14-20(31-23(30)18-8-5-4-6-9-18)22-25(2,17-28)10-7-11-26(22,27)3/h4-6,8-9,19-22,28-29H,7,10-17H2,1-3H3/t19-,20+,21+,22?,24-,25-,26-,27-/m0/s1. The Balaban J connectivity index is 1.56. The van der Waals surface area contributed by atoms with Gasteiger partial charge in [-0.2, -0.15) is 0 Å². The van der Waals surface area contributed by atoms with Crippen LogP contribution in [-0.4, -0.2) is 35.0 Å². The molecule has 8 atom stereocenters. The summed E-state index contributed by atoms with van der Waals surface area (Å²) >= 11 is 0. The Kier molecular flexibility index (Phi) is 4.88. The van der Waals surface area contributed by atoms with Crippen LogP contribution in [0.3, 0.4) is 0 Å². The van der Waals surface area contributed by atoms with Crippen LogP contribution in [0.5, 0.6) is 0 Å². The summed E-state index contributed by atoms with van der Waals surface area (Å²) in [6.07, 6.45) is 7.64. The number of hydrogen-bond donors (Lipinski definition) is 2. The van der Waals surface area contributed by atoms with Crippen molar-refractivity contribution in [3.8, 4) is 0 Å². The van der Waals surface area contributed by atoms with E-state index in [0.29, 0.717) is 11.5 Å². The Bertz CT molecular complexity index is 854. The molecular formula is C27H38O4. The van der Waals surface area contributed by atoms with Crippen molar-refractivity contribution in [2.75, 3.05) is 6.61 Å². The molecular weight excluding hydrogens is 388 g/mol. The van der Waals surface area contributed by atoms with Crippen LogP contribution >= 0.6 is 0 Å². The number of carbonyl (C=O) groups is 1. The summed E-state index contributed by atoms with van der Waals surface area (Å²) in [6.45, 7) is 7.05. The molecule has 1 aromatic carbocycles. The van der Waals surface area contributed by atoms with Gasteiger partial charge in [-0.15, -0.1) is 0 Å². The van der Waals surface area contributed by atoms with E-state index in [1.807, 2.05) is 30.3 Å². The molecule has 31 heavy (non-hydrogen) atoms. The second-order valence-corrected chi connectivity index (χ2v) is 12.0. The first-order valence-corrected chi connectivity index (χ1v) is 12.2. The van der Waals surface area contributed by atoms with Crippen LogP contribution in [0, 0.1) is 33.5 Å². The lowest BCUT2D eigenvalue weighted by atomic mass is 9.37. The normalized spacial score (nSPS) is 48.5. The SMILES string of the molecule is C[C@@]1(CO)CCC[C@@]2(C)C1[C@H](OC(=O)c1ccccc1)C[C@H]1C[C@@H](O)[C@@]3(C)CC[C@]12C3. The molecule has 2 N–H and O–H groups in total. The number of carbonyl (C=O) groups excluding carboxylic acids is 1. The molecule has 1 spiro atoms. The number of esters is 1. The Hall–Kier alpha value is -1.39. The number of hydrogen-bond acceptors (Lipinski definition) is 4. The third-order valence-corrected chi connectivity index (χ3v) is 10.5.